The lowest BCUT2D eigenvalue weighted by Gasteiger charge is -2.18. The van der Waals surface area contributed by atoms with Gasteiger partial charge in [-0.1, -0.05) is 90.5 Å². The van der Waals surface area contributed by atoms with Crippen molar-refractivity contribution in [1.82, 2.24) is 10.4 Å². The number of halogens is 1. The molecule has 0 aliphatic carbocycles. The van der Waals surface area contributed by atoms with E-state index < -0.39 is 5.91 Å². The molecule has 0 unspecified atom stereocenters. The zero-order chi connectivity index (χ0) is 32.9. The van der Waals surface area contributed by atoms with Crippen LogP contribution in [0.1, 0.15) is 27.0 Å². The number of benzene rings is 5. The van der Waals surface area contributed by atoms with E-state index in [1.54, 1.807) is 59.5 Å². The average Bonchev–Trinajstić information content (AvgIpc) is 3.70. The topological polar surface area (TPSA) is 115 Å². The maximum atomic E-state index is 13.9. The van der Waals surface area contributed by atoms with Gasteiger partial charge in [0.05, 0.1) is 11.4 Å². The quantitative estimate of drug-likeness (QED) is 0.0594. The molecule has 7 rings (SSSR count). The zero-order valence-electron chi connectivity index (χ0n) is 25.3. The summed E-state index contributed by atoms with van der Waals surface area (Å²) in [5, 5.41) is 14.4. The van der Waals surface area contributed by atoms with Gasteiger partial charge < -0.3 is 4.98 Å². The normalized spacial score (nSPS) is 14.2. The van der Waals surface area contributed by atoms with E-state index in [1.807, 2.05) is 91.1 Å². The highest BCUT2D eigenvalue weighted by Crippen LogP contribution is 2.30. The summed E-state index contributed by atoms with van der Waals surface area (Å²) < 4.78 is 0. The Morgan fingerprint density at radius 3 is 2.23 bits per heavy atom. The summed E-state index contributed by atoms with van der Waals surface area (Å²) >= 11 is 5.98. The summed E-state index contributed by atoms with van der Waals surface area (Å²) in [5.74, 6) is -0.0239. The zero-order valence-corrected chi connectivity index (χ0v) is 26.0. The van der Waals surface area contributed by atoms with Crippen LogP contribution in [0.3, 0.4) is 0 Å². The highest BCUT2D eigenvalue weighted by atomic mass is 35.5. The number of fused-ring (bicyclic) bond motifs is 1. The first kappa shape index (κ1) is 30.2. The van der Waals surface area contributed by atoms with Crippen molar-refractivity contribution in [1.29, 1.82) is 0 Å². The SMILES string of the molecule is O=C(N/N=C(/N=Nc1ccc(Cl)cc1)c1ccccc1)c1ccc(N2C(=O)/C(=C\c3c[nH]c4ccccc34)N=C2c2ccccc2)cc1. The highest BCUT2D eigenvalue weighted by Gasteiger charge is 2.32. The summed E-state index contributed by atoms with van der Waals surface area (Å²) in [6.07, 6.45) is 3.65. The Hall–Kier alpha value is -6.45. The fourth-order valence-corrected chi connectivity index (χ4v) is 5.30. The van der Waals surface area contributed by atoms with E-state index in [2.05, 4.69) is 25.7 Å². The molecule has 5 aromatic carbocycles. The Morgan fingerprint density at radius 1 is 0.792 bits per heavy atom. The van der Waals surface area contributed by atoms with Crippen LogP contribution in [0.15, 0.2) is 166 Å². The first-order valence-electron chi connectivity index (χ1n) is 15.0. The number of amidine groups is 2. The smallest absolute Gasteiger partial charge is 0.282 e. The monoisotopic (exact) mass is 647 g/mol. The van der Waals surface area contributed by atoms with Crippen LogP contribution < -0.4 is 10.3 Å². The van der Waals surface area contributed by atoms with Crippen LogP contribution in [0, 0.1) is 0 Å². The molecule has 1 aliphatic rings. The van der Waals surface area contributed by atoms with Gasteiger partial charge in [0.15, 0.2) is 0 Å². The number of H-pyrrole nitrogens is 1. The van der Waals surface area contributed by atoms with Gasteiger partial charge in [-0.2, -0.15) is 0 Å². The van der Waals surface area contributed by atoms with Crippen molar-refractivity contribution in [2.75, 3.05) is 4.90 Å². The third kappa shape index (κ3) is 6.44. The Kier molecular flexibility index (Phi) is 8.50. The van der Waals surface area contributed by atoms with Gasteiger partial charge in [-0.3, -0.25) is 14.5 Å². The third-order valence-corrected chi connectivity index (χ3v) is 7.83. The Morgan fingerprint density at radius 2 is 1.48 bits per heavy atom. The number of rotatable bonds is 7. The van der Waals surface area contributed by atoms with Crippen molar-refractivity contribution in [3.05, 3.63) is 173 Å². The van der Waals surface area contributed by atoms with Crippen molar-refractivity contribution in [3.8, 4) is 0 Å². The van der Waals surface area contributed by atoms with E-state index in [9.17, 15) is 9.59 Å². The molecule has 0 atom stereocenters. The number of aromatic nitrogens is 1. The van der Waals surface area contributed by atoms with Crippen molar-refractivity contribution in [3.63, 3.8) is 0 Å². The maximum Gasteiger partial charge on any atom is 0.282 e. The minimum atomic E-state index is -0.457. The second-order valence-corrected chi connectivity index (χ2v) is 11.2. The van der Waals surface area contributed by atoms with Crippen LogP contribution in [-0.2, 0) is 4.79 Å². The van der Waals surface area contributed by atoms with Gasteiger partial charge in [0, 0.05) is 44.4 Å². The van der Waals surface area contributed by atoms with Gasteiger partial charge in [0.1, 0.15) is 11.5 Å². The summed E-state index contributed by atoms with van der Waals surface area (Å²) in [4.78, 5) is 36.6. The minimum Gasteiger partial charge on any atom is -0.361 e. The summed E-state index contributed by atoms with van der Waals surface area (Å²) in [5.41, 5.74) is 7.65. The number of para-hydroxylation sites is 1. The lowest BCUT2D eigenvalue weighted by Crippen LogP contribution is -2.32. The molecule has 6 aromatic rings. The molecule has 0 bridgehead atoms. The van der Waals surface area contributed by atoms with Crippen LogP contribution in [0.2, 0.25) is 5.02 Å². The molecule has 232 valence electrons. The minimum absolute atomic E-state index is 0.219. The molecule has 2 amide bonds. The molecule has 9 nitrogen and oxygen atoms in total. The molecular weight excluding hydrogens is 622 g/mol. The van der Waals surface area contributed by atoms with E-state index in [1.165, 1.54) is 0 Å². The second-order valence-electron chi connectivity index (χ2n) is 10.7. The Labute approximate surface area is 280 Å². The Bertz CT molecular complexity index is 2240. The predicted molar refractivity (Wildman–Crippen MR) is 190 cm³/mol. The number of aliphatic imine (C=N–C) groups is 1. The standard InChI is InChI=1S/C38H26ClN7O2/c39-29-17-19-30(20-18-29)42-43-35(25-9-3-1-4-10-25)44-45-37(47)27-15-21-31(22-16-27)46-36(26-11-5-2-6-12-26)41-34(38(46)48)23-28-24-40-33-14-8-7-13-32(28)33/h1-24,40H,(H,45,47)/b34-23+,43-42?,44-35+. The number of aromatic amines is 1. The molecule has 1 aliphatic heterocycles. The number of hydrazone groups is 1. The lowest BCUT2D eigenvalue weighted by atomic mass is 10.1. The molecule has 0 fully saturated rings. The highest BCUT2D eigenvalue weighted by molar-refractivity contribution is 6.33. The number of hydrogen-bond donors (Lipinski definition) is 2. The van der Waals surface area contributed by atoms with Gasteiger partial charge in [0.2, 0.25) is 5.84 Å². The Balaban J connectivity index is 1.15. The van der Waals surface area contributed by atoms with E-state index in [4.69, 9.17) is 16.6 Å². The average molecular weight is 648 g/mol. The summed E-state index contributed by atoms with van der Waals surface area (Å²) in [6.45, 7) is 0. The van der Waals surface area contributed by atoms with E-state index in [0.29, 0.717) is 39.1 Å². The number of hydrogen-bond acceptors (Lipinski definition) is 5. The third-order valence-electron chi connectivity index (χ3n) is 7.58. The molecule has 1 aromatic heterocycles. The number of carbonyl (C=O) groups is 2. The number of carbonyl (C=O) groups excluding carboxylic acids is 2. The van der Waals surface area contributed by atoms with E-state index >= 15 is 0 Å². The molecule has 10 heteroatoms. The van der Waals surface area contributed by atoms with Crippen LogP contribution in [0.5, 0.6) is 0 Å². The van der Waals surface area contributed by atoms with Crippen molar-refractivity contribution < 1.29 is 9.59 Å². The predicted octanol–water partition coefficient (Wildman–Crippen LogP) is 8.53. The summed E-state index contributed by atoms with van der Waals surface area (Å²) in [7, 11) is 0. The van der Waals surface area contributed by atoms with Crippen molar-refractivity contribution in [2.45, 2.75) is 0 Å². The molecule has 48 heavy (non-hydrogen) atoms. The summed E-state index contributed by atoms with van der Waals surface area (Å²) in [6, 6.07) is 40.2. The lowest BCUT2D eigenvalue weighted by molar-refractivity contribution is -0.113. The second kappa shape index (κ2) is 13.5. The first-order valence-corrected chi connectivity index (χ1v) is 15.4. The molecule has 0 spiro atoms. The molecule has 2 heterocycles. The fraction of sp³-hybridized carbons (Fsp3) is 0. The van der Waals surface area contributed by atoms with Crippen LogP contribution >= 0.6 is 11.6 Å². The fourth-order valence-electron chi connectivity index (χ4n) is 5.17. The number of nitrogens with zero attached hydrogens (tertiary/aromatic N) is 5. The van der Waals surface area contributed by atoms with Gasteiger partial charge in [-0.05, 0) is 60.7 Å². The van der Waals surface area contributed by atoms with Gasteiger partial charge in [0.25, 0.3) is 11.8 Å². The molecule has 0 saturated carbocycles. The van der Waals surface area contributed by atoms with Crippen LogP contribution in [-0.4, -0.2) is 28.5 Å². The molecule has 0 saturated heterocycles. The van der Waals surface area contributed by atoms with Gasteiger partial charge in [-0.15, -0.1) is 15.3 Å². The number of azo groups is 1. The largest absolute Gasteiger partial charge is 0.361 e. The van der Waals surface area contributed by atoms with E-state index in [-0.39, 0.29) is 11.7 Å². The molecule has 0 radical (unpaired) electrons. The van der Waals surface area contributed by atoms with Crippen LogP contribution in [0.25, 0.3) is 17.0 Å². The number of nitrogens with one attached hydrogen (secondary N) is 2. The van der Waals surface area contributed by atoms with Crippen molar-refractivity contribution >= 4 is 63.4 Å². The number of anilines is 1. The first-order chi connectivity index (χ1) is 23.5. The molecule has 2 N–H and O–H groups in total. The van der Waals surface area contributed by atoms with Crippen molar-refractivity contribution in [2.24, 2.45) is 20.3 Å². The van der Waals surface area contributed by atoms with Gasteiger partial charge >= 0.3 is 0 Å². The number of amides is 2. The van der Waals surface area contributed by atoms with Crippen LogP contribution in [0.4, 0.5) is 11.4 Å². The van der Waals surface area contributed by atoms with E-state index in [0.717, 1.165) is 22.0 Å². The van der Waals surface area contributed by atoms with Gasteiger partial charge in [-0.25, -0.2) is 10.4 Å². The molecular formula is C38H26ClN7O2. The maximum absolute atomic E-state index is 13.9.